The topological polar surface area (TPSA) is 17.1 Å². The van der Waals surface area contributed by atoms with E-state index in [-0.39, 0.29) is 11.3 Å². The number of rotatable bonds is 4. The first-order valence-corrected chi connectivity index (χ1v) is 9.26. The van der Waals surface area contributed by atoms with Crippen LogP contribution >= 0.6 is 31.9 Å². The summed E-state index contributed by atoms with van der Waals surface area (Å²) in [7, 11) is 0. The number of alkyl halides is 1. The van der Waals surface area contributed by atoms with Crippen LogP contribution in [0.5, 0.6) is 0 Å². The summed E-state index contributed by atoms with van der Waals surface area (Å²) in [6.07, 6.45) is 0. The van der Waals surface area contributed by atoms with Crippen molar-refractivity contribution in [3.8, 4) is 11.1 Å². The summed E-state index contributed by atoms with van der Waals surface area (Å²) in [6, 6.07) is 19.4. The van der Waals surface area contributed by atoms with Gasteiger partial charge >= 0.3 is 0 Å². The molecule has 0 saturated heterocycles. The van der Waals surface area contributed by atoms with Gasteiger partial charge in [0.1, 0.15) is 5.82 Å². The van der Waals surface area contributed by atoms with Crippen molar-refractivity contribution in [2.45, 2.75) is 5.33 Å². The third-order valence-corrected chi connectivity index (χ3v) is 4.89. The van der Waals surface area contributed by atoms with E-state index in [0.717, 1.165) is 21.2 Å². The number of halogens is 3. The van der Waals surface area contributed by atoms with Crippen LogP contribution in [-0.2, 0) is 5.33 Å². The second-order valence-corrected chi connectivity index (χ2v) is 6.77. The first kappa shape index (κ1) is 17.1. The predicted molar refractivity (Wildman–Crippen MR) is 102 cm³/mol. The van der Waals surface area contributed by atoms with E-state index in [1.165, 1.54) is 12.1 Å². The van der Waals surface area contributed by atoms with E-state index < -0.39 is 5.82 Å². The van der Waals surface area contributed by atoms with Gasteiger partial charge in [-0.25, -0.2) is 4.39 Å². The van der Waals surface area contributed by atoms with E-state index in [4.69, 9.17) is 0 Å². The lowest BCUT2D eigenvalue weighted by molar-refractivity contribution is 0.103. The molecule has 0 aliphatic carbocycles. The Bertz CT molecular complexity index is 906. The van der Waals surface area contributed by atoms with Crippen LogP contribution in [0, 0.1) is 5.82 Å². The lowest BCUT2D eigenvalue weighted by atomic mass is 9.91. The number of hydrogen-bond donors (Lipinski definition) is 0. The van der Waals surface area contributed by atoms with E-state index in [0.29, 0.717) is 10.9 Å². The quantitative estimate of drug-likeness (QED) is 0.335. The molecule has 0 saturated carbocycles. The largest absolute Gasteiger partial charge is 0.288 e. The Balaban J connectivity index is 2.20. The van der Waals surface area contributed by atoms with Crippen LogP contribution in [0.2, 0.25) is 0 Å². The number of benzene rings is 3. The molecule has 0 unspecified atom stereocenters. The van der Waals surface area contributed by atoms with Crippen LogP contribution in [0.15, 0.2) is 71.2 Å². The van der Waals surface area contributed by atoms with Gasteiger partial charge in [0.25, 0.3) is 0 Å². The number of hydrogen-bond acceptors (Lipinski definition) is 1. The average Bonchev–Trinajstić information content (AvgIpc) is 2.61. The zero-order chi connectivity index (χ0) is 17.1. The van der Waals surface area contributed by atoms with Crippen molar-refractivity contribution in [3.05, 3.63) is 93.7 Å². The minimum atomic E-state index is -0.512. The van der Waals surface area contributed by atoms with Crippen LogP contribution in [-0.4, -0.2) is 5.78 Å². The van der Waals surface area contributed by atoms with Gasteiger partial charge in [-0.1, -0.05) is 74.3 Å². The Morgan fingerprint density at radius 3 is 2.33 bits per heavy atom. The fraction of sp³-hybridized carbons (Fsp3) is 0.0500. The lowest BCUT2D eigenvalue weighted by Gasteiger charge is -2.13. The standard InChI is InChI=1S/C20H13Br2FO/c21-12-13-5-1-2-6-15(13)16-10-9-14(22)11-18(16)20(24)17-7-3-4-8-19(17)23/h1-11H,12H2. The Morgan fingerprint density at radius 2 is 1.58 bits per heavy atom. The summed E-state index contributed by atoms with van der Waals surface area (Å²) in [5.41, 5.74) is 3.38. The molecule has 3 aromatic carbocycles. The van der Waals surface area contributed by atoms with Crippen molar-refractivity contribution < 1.29 is 9.18 Å². The van der Waals surface area contributed by atoms with Gasteiger partial charge in [0.2, 0.25) is 0 Å². The summed E-state index contributed by atoms with van der Waals surface area (Å²) >= 11 is 6.89. The second kappa shape index (κ2) is 7.41. The van der Waals surface area contributed by atoms with E-state index in [1.807, 2.05) is 36.4 Å². The number of ketones is 1. The molecule has 24 heavy (non-hydrogen) atoms. The molecule has 0 atom stereocenters. The molecule has 4 heteroatoms. The van der Waals surface area contributed by atoms with E-state index in [9.17, 15) is 9.18 Å². The van der Waals surface area contributed by atoms with Gasteiger partial charge in [-0.2, -0.15) is 0 Å². The van der Waals surface area contributed by atoms with Gasteiger partial charge in [0.05, 0.1) is 5.56 Å². The first-order chi connectivity index (χ1) is 11.6. The highest BCUT2D eigenvalue weighted by Crippen LogP contribution is 2.32. The summed E-state index contributed by atoms with van der Waals surface area (Å²) < 4.78 is 14.8. The molecule has 3 aromatic rings. The van der Waals surface area contributed by atoms with Crippen LogP contribution in [0.3, 0.4) is 0 Å². The Labute approximate surface area is 156 Å². The second-order valence-electron chi connectivity index (χ2n) is 5.29. The van der Waals surface area contributed by atoms with Gasteiger partial charge in [-0.3, -0.25) is 4.79 Å². The molecule has 0 aliphatic rings. The molecule has 0 bridgehead atoms. The average molecular weight is 448 g/mol. The molecule has 0 aromatic heterocycles. The summed E-state index contributed by atoms with van der Waals surface area (Å²) in [5.74, 6) is -0.837. The van der Waals surface area contributed by atoms with Crippen LogP contribution in [0.25, 0.3) is 11.1 Å². The predicted octanol–water partition coefficient (Wildman–Crippen LogP) is 6.38. The molecule has 3 rings (SSSR count). The van der Waals surface area contributed by atoms with Gasteiger partial charge in [0, 0.05) is 15.4 Å². The van der Waals surface area contributed by atoms with Gasteiger partial charge in [-0.15, -0.1) is 0 Å². The molecule has 1 nitrogen and oxygen atoms in total. The third-order valence-electron chi connectivity index (χ3n) is 3.80. The zero-order valence-corrected chi connectivity index (χ0v) is 15.8. The summed E-state index contributed by atoms with van der Waals surface area (Å²) in [4.78, 5) is 12.9. The molecular formula is C20H13Br2FO. The summed E-state index contributed by atoms with van der Waals surface area (Å²) in [5, 5.41) is 0.673. The van der Waals surface area contributed by atoms with E-state index in [1.54, 1.807) is 18.2 Å². The highest BCUT2D eigenvalue weighted by atomic mass is 79.9. The molecule has 0 radical (unpaired) electrons. The molecule has 0 amide bonds. The molecular weight excluding hydrogens is 435 g/mol. The fourth-order valence-electron chi connectivity index (χ4n) is 2.63. The van der Waals surface area contributed by atoms with Crippen LogP contribution < -0.4 is 0 Å². The van der Waals surface area contributed by atoms with Crippen molar-refractivity contribution >= 4 is 37.6 Å². The first-order valence-electron chi connectivity index (χ1n) is 7.35. The molecule has 0 aliphatic heterocycles. The maximum Gasteiger partial charge on any atom is 0.196 e. The lowest BCUT2D eigenvalue weighted by Crippen LogP contribution is -2.06. The smallest absolute Gasteiger partial charge is 0.196 e. The van der Waals surface area contributed by atoms with Crippen molar-refractivity contribution in [2.24, 2.45) is 0 Å². The molecule has 0 heterocycles. The van der Waals surface area contributed by atoms with E-state index in [2.05, 4.69) is 31.9 Å². The fourth-order valence-corrected chi connectivity index (χ4v) is 3.48. The van der Waals surface area contributed by atoms with Crippen molar-refractivity contribution in [3.63, 3.8) is 0 Å². The van der Waals surface area contributed by atoms with Crippen molar-refractivity contribution in [1.82, 2.24) is 0 Å². The van der Waals surface area contributed by atoms with Crippen LogP contribution in [0.1, 0.15) is 21.5 Å². The maximum atomic E-state index is 14.1. The van der Waals surface area contributed by atoms with E-state index >= 15 is 0 Å². The summed E-state index contributed by atoms with van der Waals surface area (Å²) in [6.45, 7) is 0. The molecule has 0 N–H and O–H groups in total. The molecule has 120 valence electrons. The highest BCUT2D eigenvalue weighted by molar-refractivity contribution is 9.10. The van der Waals surface area contributed by atoms with Gasteiger partial charge < -0.3 is 0 Å². The molecule has 0 spiro atoms. The Hall–Kier alpha value is -1.78. The number of carbonyl (C=O) groups excluding carboxylic acids is 1. The zero-order valence-electron chi connectivity index (χ0n) is 12.6. The Kier molecular flexibility index (Phi) is 5.27. The van der Waals surface area contributed by atoms with Crippen molar-refractivity contribution in [2.75, 3.05) is 0 Å². The van der Waals surface area contributed by atoms with Crippen molar-refractivity contribution in [1.29, 1.82) is 0 Å². The van der Waals surface area contributed by atoms with Crippen LogP contribution in [0.4, 0.5) is 4.39 Å². The van der Waals surface area contributed by atoms with Gasteiger partial charge in [-0.05, 0) is 41.0 Å². The SMILES string of the molecule is O=C(c1ccccc1F)c1cc(Br)ccc1-c1ccccc1CBr. The normalized spacial score (nSPS) is 10.6. The third kappa shape index (κ3) is 3.35. The molecule has 0 fully saturated rings. The minimum absolute atomic E-state index is 0.0770. The van der Waals surface area contributed by atoms with Gasteiger partial charge in [0.15, 0.2) is 5.78 Å². The highest BCUT2D eigenvalue weighted by Gasteiger charge is 2.19. The Morgan fingerprint density at radius 1 is 0.875 bits per heavy atom. The number of carbonyl (C=O) groups is 1. The minimum Gasteiger partial charge on any atom is -0.288 e. The monoisotopic (exact) mass is 446 g/mol. The maximum absolute atomic E-state index is 14.1.